The van der Waals surface area contributed by atoms with Crippen molar-refractivity contribution < 1.29 is 14.4 Å². The van der Waals surface area contributed by atoms with Crippen molar-refractivity contribution in [2.24, 2.45) is 0 Å². The maximum absolute atomic E-state index is 12.7. The lowest BCUT2D eigenvalue weighted by Gasteiger charge is -2.26. The number of amides is 3. The highest BCUT2D eigenvalue weighted by Gasteiger charge is 2.21. The first kappa shape index (κ1) is 24.4. The van der Waals surface area contributed by atoms with E-state index in [-0.39, 0.29) is 23.2 Å². The van der Waals surface area contributed by atoms with Crippen molar-refractivity contribution in [1.29, 1.82) is 0 Å². The molecule has 9 nitrogen and oxygen atoms in total. The number of nitrogens with zero attached hydrogens (tertiary/aromatic N) is 2. The number of imidazole rings is 1. The number of hydrogen-bond donors (Lipinski definition) is 4. The van der Waals surface area contributed by atoms with Crippen LogP contribution in [0.15, 0.2) is 54.9 Å². The molecule has 0 bridgehead atoms. The van der Waals surface area contributed by atoms with Crippen LogP contribution in [0, 0.1) is 0 Å². The van der Waals surface area contributed by atoms with E-state index in [1.807, 2.05) is 0 Å². The Morgan fingerprint density at radius 3 is 2.23 bits per heavy atom. The number of H-pyrrole nitrogens is 1. The molecule has 0 unspecified atom stereocenters. The molecule has 3 aromatic rings. The van der Waals surface area contributed by atoms with Crippen LogP contribution in [0.25, 0.3) is 0 Å². The molecule has 1 aliphatic rings. The van der Waals surface area contributed by atoms with Gasteiger partial charge >= 0.3 is 0 Å². The third-order valence-electron chi connectivity index (χ3n) is 5.76. The van der Waals surface area contributed by atoms with E-state index in [0.717, 1.165) is 19.6 Å². The van der Waals surface area contributed by atoms with E-state index in [1.54, 1.807) is 48.5 Å². The van der Waals surface area contributed by atoms with Crippen LogP contribution in [0.1, 0.15) is 50.6 Å². The zero-order valence-corrected chi connectivity index (χ0v) is 19.9. The molecule has 4 rings (SSSR count). The number of benzene rings is 2. The Labute approximate surface area is 208 Å². The molecule has 3 amide bonds. The first-order valence-electron chi connectivity index (χ1n) is 11.5. The normalized spacial score (nSPS) is 13.7. The summed E-state index contributed by atoms with van der Waals surface area (Å²) in [4.78, 5) is 46.8. The molecule has 4 N–H and O–H groups in total. The Balaban J connectivity index is 1.31. The summed E-state index contributed by atoms with van der Waals surface area (Å²) in [6.07, 6.45) is 4.96. The maximum Gasteiger partial charge on any atom is 0.276 e. The van der Waals surface area contributed by atoms with Gasteiger partial charge in [-0.3, -0.25) is 14.4 Å². The summed E-state index contributed by atoms with van der Waals surface area (Å²) in [6.45, 7) is 3.38. The molecule has 1 aliphatic heterocycles. The number of rotatable bonds is 8. The third-order valence-corrected chi connectivity index (χ3v) is 6.09. The van der Waals surface area contributed by atoms with Crippen molar-refractivity contribution in [3.05, 3.63) is 76.8 Å². The fourth-order valence-corrected chi connectivity index (χ4v) is 4.13. The van der Waals surface area contributed by atoms with Crippen LogP contribution < -0.4 is 16.0 Å². The molecule has 2 aromatic carbocycles. The van der Waals surface area contributed by atoms with Gasteiger partial charge in [-0.2, -0.15) is 0 Å². The van der Waals surface area contributed by atoms with Crippen LogP contribution >= 0.6 is 11.6 Å². The fraction of sp³-hybridized carbons (Fsp3) is 0.280. The van der Waals surface area contributed by atoms with Gasteiger partial charge in [0.2, 0.25) is 0 Å². The van der Waals surface area contributed by atoms with Crippen LogP contribution in [0.4, 0.5) is 11.4 Å². The lowest BCUT2D eigenvalue weighted by Crippen LogP contribution is -2.38. The SMILES string of the molecule is O=C(Nc1ccc(NC(=O)c2nc[nH]c2C(=O)NCCN2CCCCC2)cc1)c1ccccc1Cl. The van der Waals surface area contributed by atoms with E-state index in [1.165, 1.54) is 25.6 Å². The second-order valence-corrected chi connectivity index (χ2v) is 8.66. The molecule has 0 saturated carbocycles. The highest BCUT2D eigenvalue weighted by molar-refractivity contribution is 6.34. The number of nitrogens with one attached hydrogen (secondary N) is 4. The maximum atomic E-state index is 12.7. The average Bonchev–Trinajstić information content (AvgIpc) is 3.36. The highest BCUT2D eigenvalue weighted by Crippen LogP contribution is 2.19. The summed E-state index contributed by atoms with van der Waals surface area (Å²) < 4.78 is 0. The monoisotopic (exact) mass is 494 g/mol. The van der Waals surface area contributed by atoms with Gasteiger partial charge in [0.1, 0.15) is 5.69 Å². The second-order valence-electron chi connectivity index (χ2n) is 8.25. The minimum Gasteiger partial charge on any atom is -0.349 e. The van der Waals surface area contributed by atoms with Crippen molar-refractivity contribution >= 4 is 40.7 Å². The largest absolute Gasteiger partial charge is 0.349 e. The van der Waals surface area contributed by atoms with Gasteiger partial charge in [0, 0.05) is 24.5 Å². The van der Waals surface area contributed by atoms with E-state index in [0.29, 0.717) is 28.5 Å². The van der Waals surface area contributed by atoms with Gasteiger partial charge in [-0.05, 0) is 62.3 Å². The van der Waals surface area contributed by atoms with Crippen LogP contribution in [-0.2, 0) is 0 Å². The molecule has 2 heterocycles. The van der Waals surface area contributed by atoms with Crippen molar-refractivity contribution in [3.63, 3.8) is 0 Å². The van der Waals surface area contributed by atoms with Gasteiger partial charge < -0.3 is 25.8 Å². The van der Waals surface area contributed by atoms with Gasteiger partial charge in [0.25, 0.3) is 17.7 Å². The number of likely N-dealkylation sites (tertiary alicyclic amines) is 1. The van der Waals surface area contributed by atoms with E-state index < -0.39 is 5.91 Å². The molecule has 182 valence electrons. The molecule has 1 saturated heterocycles. The molecule has 0 spiro atoms. The molecule has 0 radical (unpaired) electrons. The molecule has 35 heavy (non-hydrogen) atoms. The molecular formula is C25H27ClN6O3. The molecule has 1 fully saturated rings. The summed E-state index contributed by atoms with van der Waals surface area (Å²) in [7, 11) is 0. The topological polar surface area (TPSA) is 119 Å². The Hall–Kier alpha value is -3.69. The number of halogens is 1. The van der Waals surface area contributed by atoms with Gasteiger partial charge in [-0.15, -0.1) is 0 Å². The number of aromatic amines is 1. The van der Waals surface area contributed by atoms with Crippen molar-refractivity contribution in [3.8, 4) is 0 Å². The summed E-state index contributed by atoms with van der Waals surface area (Å²) >= 11 is 6.07. The Kier molecular flexibility index (Phi) is 8.12. The number of anilines is 2. The van der Waals surface area contributed by atoms with Gasteiger partial charge in [0.05, 0.1) is 16.9 Å². The Morgan fingerprint density at radius 2 is 1.54 bits per heavy atom. The van der Waals surface area contributed by atoms with E-state index >= 15 is 0 Å². The van der Waals surface area contributed by atoms with Crippen LogP contribution in [0.3, 0.4) is 0 Å². The fourth-order valence-electron chi connectivity index (χ4n) is 3.91. The number of aromatic nitrogens is 2. The number of carbonyl (C=O) groups is 3. The Morgan fingerprint density at radius 1 is 0.886 bits per heavy atom. The molecule has 0 atom stereocenters. The van der Waals surface area contributed by atoms with Gasteiger partial charge in [-0.25, -0.2) is 4.98 Å². The lowest BCUT2D eigenvalue weighted by molar-refractivity contribution is 0.0929. The van der Waals surface area contributed by atoms with Crippen molar-refractivity contribution in [1.82, 2.24) is 20.2 Å². The van der Waals surface area contributed by atoms with Crippen LogP contribution in [0.2, 0.25) is 5.02 Å². The molecular weight excluding hydrogens is 468 g/mol. The van der Waals surface area contributed by atoms with E-state index in [2.05, 4.69) is 30.8 Å². The summed E-state index contributed by atoms with van der Waals surface area (Å²) in [5.74, 6) is -1.22. The summed E-state index contributed by atoms with van der Waals surface area (Å²) in [5.41, 5.74) is 1.53. The van der Waals surface area contributed by atoms with Crippen LogP contribution in [0.5, 0.6) is 0 Å². The zero-order chi connectivity index (χ0) is 24.6. The van der Waals surface area contributed by atoms with E-state index in [9.17, 15) is 14.4 Å². The van der Waals surface area contributed by atoms with Crippen molar-refractivity contribution in [2.45, 2.75) is 19.3 Å². The number of hydrogen-bond acceptors (Lipinski definition) is 5. The van der Waals surface area contributed by atoms with Gasteiger partial charge in [-0.1, -0.05) is 30.2 Å². The standard InChI is InChI=1S/C25H27ClN6O3/c26-20-7-3-2-6-19(20)23(33)30-17-8-10-18(11-9-17)31-25(35)22-21(28-16-29-22)24(34)27-12-15-32-13-4-1-5-14-32/h2-3,6-11,16H,1,4-5,12-15H2,(H,27,34)(H,28,29)(H,30,33)(H,31,35). The zero-order valence-electron chi connectivity index (χ0n) is 19.1. The number of piperidine rings is 1. The predicted octanol–water partition coefficient (Wildman–Crippen LogP) is 3.78. The number of carbonyl (C=O) groups excluding carboxylic acids is 3. The average molecular weight is 495 g/mol. The minimum absolute atomic E-state index is 0.0107. The third kappa shape index (κ3) is 6.46. The second kappa shape index (κ2) is 11.6. The quantitative estimate of drug-likeness (QED) is 0.380. The lowest BCUT2D eigenvalue weighted by atomic mass is 10.1. The summed E-state index contributed by atoms with van der Waals surface area (Å²) in [5, 5.41) is 8.70. The first-order chi connectivity index (χ1) is 17.0. The smallest absolute Gasteiger partial charge is 0.276 e. The highest BCUT2D eigenvalue weighted by atomic mass is 35.5. The predicted molar refractivity (Wildman–Crippen MR) is 135 cm³/mol. The van der Waals surface area contributed by atoms with Crippen LogP contribution in [-0.4, -0.2) is 58.8 Å². The Bertz CT molecular complexity index is 1190. The van der Waals surface area contributed by atoms with Crippen molar-refractivity contribution in [2.75, 3.05) is 36.8 Å². The van der Waals surface area contributed by atoms with Gasteiger partial charge in [0.15, 0.2) is 5.69 Å². The molecule has 10 heteroatoms. The van der Waals surface area contributed by atoms with E-state index in [4.69, 9.17) is 11.6 Å². The summed E-state index contributed by atoms with van der Waals surface area (Å²) in [6, 6.07) is 13.4. The molecule has 0 aliphatic carbocycles. The minimum atomic E-state index is -0.514. The first-order valence-corrected chi connectivity index (χ1v) is 11.9. The molecule has 1 aromatic heterocycles.